The van der Waals surface area contributed by atoms with Crippen molar-refractivity contribution in [2.24, 2.45) is 4.99 Å². The van der Waals surface area contributed by atoms with Crippen LogP contribution in [0.3, 0.4) is 0 Å². The molecule has 6 nitrogen and oxygen atoms in total. The van der Waals surface area contributed by atoms with Crippen molar-refractivity contribution in [3.8, 4) is 0 Å². The molecule has 1 heterocycles. The SMILES string of the molecule is Cc1ccccc1/C=C1/N=C(c2cccc(S(=O)(=O)N(C)C)c2)OC1=O. The zero-order valence-electron chi connectivity index (χ0n) is 14.6. The molecule has 1 aliphatic rings. The Hall–Kier alpha value is -2.77. The standard InChI is InChI=1S/C19H18N2O4S/c1-13-7-4-5-8-14(13)12-17-19(22)25-18(20-17)15-9-6-10-16(11-15)26(23,24)21(2)3/h4-12H,1-3H3/b17-12+. The van der Waals surface area contributed by atoms with Crippen molar-refractivity contribution in [3.63, 3.8) is 0 Å². The third-order valence-electron chi connectivity index (χ3n) is 3.96. The van der Waals surface area contributed by atoms with Crippen molar-refractivity contribution in [1.82, 2.24) is 4.31 Å². The van der Waals surface area contributed by atoms with Gasteiger partial charge in [-0.05, 0) is 42.3 Å². The summed E-state index contributed by atoms with van der Waals surface area (Å²) in [6.07, 6.45) is 1.66. The highest BCUT2D eigenvalue weighted by Crippen LogP contribution is 2.22. The number of esters is 1. The second kappa shape index (κ2) is 6.86. The van der Waals surface area contributed by atoms with E-state index in [-0.39, 0.29) is 16.5 Å². The van der Waals surface area contributed by atoms with Gasteiger partial charge in [-0.3, -0.25) is 0 Å². The monoisotopic (exact) mass is 370 g/mol. The molecule has 0 saturated carbocycles. The predicted octanol–water partition coefficient (Wildman–Crippen LogP) is 2.59. The minimum Gasteiger partial charge on any atom is -0.402 e. The average Bonchev–Trinajstić information content (AvgIpc) is 2.98. The molecule has 0 unspecified atom stereocenters. The average molecular weight is 370 g/mol. The fourth-order valence-electron chi connectivity index (χ4n) is 2.43. The molecule has 0 aromatic heterocycles. The lowest BCUT2D eigenvalue weighted by Crippen LogP contribution is -2.22. The van der Waals surface area contributed by atoms with Gasteiger partial charge in [-0.15, -0.1) is 0 Å². The van der Waals surface area contributed by atoms with Crippen molar-refractivity contribution in [3.05, 3.63) is 70.9 Å². The van der Waals surface area contributed by atoms with Gasteiger partial charge in [0.2, 0.25) is 15.9 Å². The first kappa shape index (κ1) is 18.0. The maximum absolute atomic E-state index is 12.3. The fourth-order valence-corrected chi connectivity index (χ4v) is 3.38. The van der Waals surface area contributed by atoms with Gasteiger partial charge in [-0.25, -0.2) is 22.5 Å². The Kier molecular flexibility index (Phi) is 4.76. The summed E-state index contributed by atoms with van der Waals surface area (Å²) in [4.78, 5) is 16.5. The van der Waals surface area contributed by atoms with E-state index in [0.29, 0.717) is 5.56 Å². The van der Waals surface area contributed by atoms with E-state index < -0.39 is 16.0 Å². The van der Waals surface area contributed by atoms with Crippen LogP contribution < -0.4 is 0 Å². The second-order valence-electron chi connectivity index (χ2n) is 6.01. The lowest BCUT2D eigenvalue weighted by Gasteiger charge is -2.11. The van der Waals surface area contributed by atoms with E-state index in [2.05, 4.69) is 4.99 Å². The Morgan fingerprint density at radius 2 is 1.81 bits per heavy atom. The van der Waals surface area contributed by atoms with Crippen molar-refractivity contribution >= 4 is 28.0 Å². The molecule has 3 rings (SSSR count). The van der Waals surface area contributed by atoms with Crippen LogP contribution in [0.2, 0.25) is 0 Å². The molecule has 0 N–H and O–H groups in total. The number of benzene rings is 2. The molecule has 0 saturated heterocycles. The van der Waals surface area contributed by atoms with Crippen LogP contribution in [0.4, 0.5) is 0 Å². The molecule has 0 fully saturated rings. The van der Waals surface area contributed by atoms with Crippen LogP contribution in [0, 0.1) is 6.92 Å². The molecule has 0 atom stereocenters. The van der Waals surface area contributed by atoms with E-state index in [1.54, 1.807) is 18.2 Å². The van der Waals surface area contributed by atoms with Crippen molar-refractivity contribution in [2.45, 2.75) is 11.8 Å². The summed E-state index contributed by atoms with van der Waals surface area (Å²) in [5.74, 6) is -0.477. The van der Waals surface area contributed by atoms with Crippen molar-refractivity contribution in [2.75, 3.05) is 14.1 Å². The predicted molar refractivity (Wildman–Crippen MR) is 99.1 cm³/mol. The number of hydrogen-bond donors (Lipinski definition) is 0. The van der Waals surface area contributed by atoms with Gasteiger partial charge in [-0.2, -0.15) is 0 Å². The van der Waals surface area contributed by atoms with E-state index in [1.807, 2.05) is 31.2 Å². The van der Waals surface area contributed by atoms with E-state index in [1.165, 1.54) is 26.2 Å². The molecule has 0 aliphatic carbocycles. The maximum Gasteiger partial charge on any atom is 0.363 e. The lowest BCUT2D eigenvalue weighted by atomic mass is 10.1. The molecular weight excluding hydrogens is 352 g/mol. The van der Waals surface area contributed by atoms with Gasteiger partial charge in [0.05, 0.1) is 4.90 Å². The van der Waals surface area contributed by atoms with Crippen LogP contribution in [-0.4, -0.2) is 38.7 Å². The molecule has 0 radical (unpaired) electrons. The minimum atomic E-state index is -3.59. The highest BCUT2D eigenvalue weighted by atomic mass is 32.2. The Morgan fingerprint density at radius 3 is 2.50 bits per heavy atom. The van der Waals surface area contributed by atoms with Crippen molar-refractivity contribution in [1.29, 1.82) is 0 Å². The normalized spacial score (nSPS) is 16.1. The number of cyclic esters (lactones) is 1. The Bertz CT molecular complexity index is 1040. The zero-order valence-corrected chi connectivity index (χ0v) is 15.4. The highest BCUT2D eigenvalue weighted by molar-refractivity contribution is 7.89. The molecule has 2 aromatic carbocycles. The Morgan fingerprint density at radius 1 is 1.08 bits per heavy atom. The number of aliphatic imine (C=N–C) groups is 1. The molecule has 0 amide bonds. The largest absolute Gasteiger partial charge is 0.402 e. The number of hydrogen-bond acceptors (Lipinski definition) is 5. The number of carbonyl (C=O) groups excluding carboxylic acids is 1. The Balaban J connectivity index is 1.99. The van der Waals surface area contributed by atoms with E-state index >= 15 is 0 Å². The molecule has 2 aromatic rings. The van der Waals surface area contributed by atoms with Gasteiger partial charge in [-0.1, -0.05) is 30.3 Å². The van der Waals surface area contributed by atoms with Gasteiger partial charge < -0.3 is 4.74 Å². The molecular formula is C19H18N2O4S. The molecule has 0 bridgehead atoms. The number of ether oxygens (including phenoxy) is 1. The summed E-state index contributed by atoms with van der Waals surface area (Å²) in [6, 6.07) is 13.8. The molecule has 26 heavy (non-hydrogen) atoms. The van der Waals surface area contributed by atoms with E-state index in [0.717, 1.165) is 15.4 Å². The summed E-state index contributed by atoms with van der Waals surface area (Å²) in [6.45, 7) is 1.94. The van der Waals surface area contributed by atoms with Crippen LogP contribution in [0.1, 0.15) is 16.7 Å². The summed E-state index contributed by atoms with van der Waals surface area (Å²) in [5, 5.41) is 0. The quantitative estimate of drug-likeness (QED) is 0.612. The van der Waals surface area contributed by atoms with Crippen LogP contribution >= 0.6 is 0 Å². The number of nitrogens with zero attached hydrogens (tertiary/aromatic N) is 2. The third-order valence-corrected chi connectivity index (χ3v) is 5.77. The number of aryl methyl sites for hydroxylation is 1. The van der Waals surface area contributed by atoms with Crippen LogP contribution in [-0.2, 0) is 19.6 Å². The molecule has 1 aliphatic heterocycles. The third kappa shape index (κ3) is 3.44. The number of sulfonamides is 1. The van der Waals surface area contributed by atoms with Gasteiger partial charge in [0.25, 0.3) is 0 Å². The molecule has 7 heteroatoms. The maximum atomic E-state index is 12.3. The van der Waals surface area contributed by atoms with Crippen LogP contribution in [0.5, 0.6) is 0 Å². The van der Waals surface area contributed by atoms with Gasteiger partial charge >= 0.3 is 5.97 Å². The van der Waals surface area contributed by atoms with Crippen LogP contribution in [0.25, 0.3) is 6.08 Å². The number of carbonyl (C=O) groups is 1. The topological polar surface area (TPSA) is 76.0 Å². The molecule has 134 valence electrons. The summed E-state index contributed by atoms with van der Waals surface area (Å²) >= 11 is 0. The van der Waals surface area contributed by atoms with Crippen LogP contribution in [0.15, 0.2) is 64.1 Å². The van der Waals surface area contributed by atoms with Gasteiger partial charge in [0, 0.05) is 19.7 Å². The second-order valence-corrected chi connectivity index (χ2v) is 8.16. The first-order valence-corrected chi connectivity index (χ1v) is 9.34. The van der Waals surface area contributed by atoms with E-state index in [4.69, 9.17) is 4.74 Å². The van der Waals surface area contributed by atoms with E-state index in [9.17, 15) is 13.2 Å². The summed E-state index contributed by atoms with van der Waals surface area (Å²) in [7, 11) is -0.674. The summed E-state index contributed by atoms with van der Waals surface area (Å²) < 4.78 is 30.9. The zero-order chi connectivity index (χ0) is 18.9. The van der Waals surface area contributed by atoms with Crippen molar-refractivity contribution < 1.29 is 17.9 Å². The summed E-state index contributed by atoms with van der Waals surface area (Å²) in [5.41, 5.74) is 2.48. The highest BCUT2D eigenvalue weighted by Gasteiger charge is 2.26. The minimum absolute atomic E-state index is 0.0886. The smallest absolute Gasteiger partial charge is 0.363 e. The fraction of sp³-hybridized carbons (Fsp3) is 0.158. The Labute approximate surface area is 152 Å². The molecule has 0 spiro atoms. The van der Waals surface area contributed by atoms with Gasteiger partial charge in [0.15, 0.2) is 5.70 Å². The first-order chi connectivity index (χ1) is 12.3. The first-order valence-electron chi connectivity index (χ1n) is 7.90. The van der Waals surface area contributed by atoms with Gasteiger partial charge in [0.1, 0.15) is 0 Å². The lowest BCUT2D eigenvalue weighted by molar-refractivity contribution is -0.129. The number of rotatable bonds is 4.